The van der Waals surface area contributed by atoms with Crippen LogP contribution in [0.3, 0.4) is 0 Å². The standard InChI is InChI=1S/C17H24O2/c1-2-17-15(8-9-19-17)16(18)11-12-6-7-13-4-3-5-14(13)10-12/h6-7,10,15-18H,2-5,8-9,11H2,1H3. The van der Waals surface area contributed by atoms with Gasteiger partial charge in [-0.05, 0) is 55.2 Å². The van der Waals surface area contributed by atoms with Crippen LogP contribution < -0.4 is 0 Å². The zero-order chi connectivity index (χ0) is 13.2. The number of aliphatic hydroxyl groups excluding tert-OH is 1. The fourth-order valence-electron chi connectivity index (χ4n) is 3.67. The Labute approximate surface area is 115 Å². The van der Waals surface area contributed by atoms with E-state index in [4.69, 9.17) is 4.74 Å². The van der Waals surface area contributed by atoms with Gasteiger partial charge < -0.3 is 9.84 Å². The number of hydrogen-bond acceptors (Lipinski definition) is 2. The second kappa shape index (κ2) is 5.64. The van der Waals surface area contributed by atoms with Gasteiger partial charge >= 0.3 is 0 Å². The van der Waals surface area contributed by atoms with Crippen LogP contribution in [0.4, 0.5) is 0 Å². The Morgan fingerprint density at radius 3 is 3.00 bits per heavy atom. The highest BCUT2D eigenvalue weighted by atomic mass is 16.5. The lowest BCUT2D eigenvalue weighted by molar-refractivity contribution is 0.0318. The largest absolute Gasteiger partial charge is 0.392 e. The summed E-state index contributed by atoms with van der Waals surface area (Å²) < 4.78 is 5.69. The highest BCUT2D eigenvalue weighted by Crippen LogP contribution is 2.29. The van der Waals surface area contributed by atoms with Crippen molar-refractivity contribution in [1.82, 2.24) is 0 Å². The molecule has 0 radical (unpaired) electrons. The van der Waals surface area contributed by atoms with E-state index in [1.807, 2.05) is 0 Å². The molecule has 1 aliphatic heterocycles. The zero-order valence-electron chi connectivity index (χ0n) is 11.8. The van der Waals surface area contributed by atoms with Crippen LogP contribution in [-0.4, -0.2) is 23.9 Å². The van der Waals surface area contributed by atoms with Gasteiger partial charge in [0.2, 0.25) is 0 Å². The van der Waals surface area contributed by atoms with E-state index >= 15 is 0 Å². The Morgan fingerprint density at radius 1 is 1.32 bits per heavy atom. The summed E-state index contributed by atoms with van der Waals surface area (Å²) in [5.41, 5.74) is 4.29. The van der Waals surface area contributed by atoms with Gasteiger partial charge in [-0.15, -0.1) is 0 Å². The van der Waals surface area contributed by atoms with Crippen molar-refractivity contribution in [2.75, 3.05) is 6.61 Å². The molecule has 0 amide bonds. The van der Waals surface area contributed by atoms with Crippen LogP contribution in [0.5, 0.6) is 0 Å². The molecular weight excluding hydrogens is 236 g/mol. The van der Waals surface area contributed by atoms with Gasteiger partial charge in [0.05, 0.1) is 12.2 Å². The first-order valence-corrected chi connectivity index (χ1v) is 7.68. The van der Waals surface area contributed by atoms with Gasteiger partial charge in [0, 0.05) is 12.5 Å². The first-order valence-electron chi connectivity index (χ1n) is 7.68. The summed E-state index contributed by atoms with van der Waals surface area (Å²) in [7, 11) is 0. The average Bonchev–Trinajstić information content (AvgIpc) is 3.06. The van der Waals surface area contributed by atoms with Gasteiger partial charge in [-0.2, -0.15) is 0 Å². The molecular formula is C17H24O2. The summed E-state index contributed by atoms with van der Waals surface area (Å²) in [5.74, 6) is 0.318. The van der Waals surface area contributed by atoms with Gasteiger partial charge in [-0.3, -0.25) is 0 Å². The van der Waals surface area contributed by atoms with Crippen LogP contribution in [0, 0.1) is 5.92 Å². The third-order valence-corrected chi connectivity index (χ3v) is 4.76. The van der Waals surface area contributed by atoms with Crippen LogP contribution in [0.15, 0.2) is 18.2 Å². The molecule has 1 aromatic rings. The van der Waals surface area contributed by atoms with Crippen molar-refractivity contribution in [3.63, 3.8) is 0 Å². The van der Waals surface area contributed by atoms with E-state index in [-0.39, 0.29) is 12.2 Å². The minimum absolute atomic E-state index is 0.254. The van der Waals surface area contributed by atoms with Crippen LogP contribution in [0.2, 0.25) is 0 Å². The highest BCUT2D eigenvalue weighted by Gasteiger charge is 2.32. The summed E-state index contributed by atoms with van der Waals surface area (Å²) in [6.45, 7) is 2.95. The normalized spacial score (nSPS) is 27.5. The number of rotatable bonds is 4. The summed E-state index contributed by atoms with van der Waals surface area (Å²) >= 11 is 0. The van der Waals surface area contributed by atoms with E-state index in [9.17, 15) is 5.11 Å². The van der Waals surface area contributed by atoms with Gasteiger partial charge in [0.1, 0.15) is 0 Å². The number of ether oxygens (including phenoxy) is 1. The third-order valence-electron chi connectivity index (χ3n) is 4.76. The van der Waals surface area contributed by atoms with E-state index in [0.717, 1.165) is 25.9 Å². The maximum Gasteiger partial charge on any atom is 0.0634 e. The molecule has 0 bridgehead atoms. The molecule has 3 atom stereocenters. The topological polar surface area (TPSA) is 29.5 Å². The lowest BCUT2D eigenvalue weighted by atomic mass is 9.89. The molecule has 0 aromatic heterocycles. The van der Waals surface area contributed by atoms with Gasteiger partial charge in [-0.25, -0.2) is 0 Å². The molecule has 1 N–H and O–H groups in total. The predicted octanol–water partition coefficient (Wildman–Crippen LogP) is 2.89. The maximum absolute atomic E-state index is 10.5. The monoisotopic (exact) mass is 260 g/mol. The lowest BCUT2D eigenvalue weighted by Gasteiger charge is -2.23. The molecule has 1 aliphatic carbocycles. The summed E-state index contributed by atoms with van der Waals surface area (Å²) in [6.07, 6.45) is 6.51. The van der Waals surface area contributed by atoms with Gasteiger partial charge in [0.15, 0.2) is 0 Å². The van der Waals surface area contributed by atoms with Crippen molar-refractivity contribution in [3.05, 3.63) is 34.9 Å². The average molecular weight is 260 g/mol. The molecule has 1 fully saturated rings. The van der Waals surface area contributed by atoms with Crippen molar-refractivity contribution in [2.24, 2.45) is 5.92 Å². The number of fused-ring (bicyclic) bond motifs is 1. The van der Waals surface area contributed by atoms with E-state index in [1.165, 1.54) is 36.0 Å². The number of aryl methyl sites for hydroxylation is 2. The van der Waals surface area contributed by atoms with Crippen LogP contribution in [0.1, 0.15) is 42.9 Å². The van der Waals surface area contributed by atoms with Crippen molar-refractivity contribution >= 4 is 0 Å². The van der Waals surface area contributed by atoms with Gasteiger partial charge in [0.25, 0.3) is 0 Å². The molecule has 104 valence electrons. The first kappa shape index (κ1) is 13.1. The number of benzene rings is 1. The molecule has 3 unspecified atom stereocenters. The number of aliphatic hydroxyl groups is 1. The molecule has 3 rings (SSSR count). The van der Waals surface area contributed by atoms with Gasteiger partial charge in [-0.1, -0.05) is 25.1 Å². The maximum atomic E-state index is 10.5. The van der Waals surface area contributed by atoms with E-state index in [0.29, 0.717) is 5.92 Å². The second-order valence-electron chi connectivity index (χ2n) is 6.00. The van der Waals surface area contributed by atoms with Crippen molar-refractivity contribution in [1.29, 1.82) is 0 Å². The van der Waals surface area contributed by atoms with E-state index in [2.05, 4.69) is 25.1 Å². The fraction of sp³-hybridized carbons (Fsp3) is 0.647. The van der Waals surface area contributed by atoms with Crippen molar-refractivity contribution in [3.8, 4) is 0 Å². The van der Waals surface area contributed by atoms with Crippen LogP contribution in [-0.2, 0) is 24.0 Å². The molecule has 1 saturated heterocycles. The summed E-state index contributed by atoms with van der Waals surface area (Å²) in [4.78, 5) is 0. The number of hydrogen-bond donors (Lipinski definition) is 1. The van der Waals surface area contributed by atoms with E-state index in [1.54, 1.807) is 0 Å². The minimum Gasteiger partial charge on any atom is -0.392 e. The minimum atomic E-state index is -0.257. The highest BCUT2D eigenvalue weighted by molar-refractivity contribution is 5.35. The molecule has 19 heavy (non-hydrogen) atoms. The molecule has 1 aromatic carbocycles. The molecule has 0 spiro atoms. The zero-order valence-corrected chi connectivity index (χ0v) is 11.8. The third kappa shape index (κ3) is 2.70. The first-order chi connectivity index (χ1) is 9.28. The van der Waals surface area contributed by atoms with E-state index < -0.39 is 0 Å². The van der Waals surface area contributed by atoms with Crippen molar-refractivity contribution < 1.29 is 9.84 Å². The Balaban J connectivity index is 1.67. The Kier molecular flexibility index (Phi) is 3.90. The second-order valence-corrected chi connectivity index (χ2v) is 6.00. The Hall–Kier alpha value is -0.860. The summed E-state index contributed by atoms with van der Waals surface area (Å²) in [5, 5.41) is 10.5. The lowest BCUT2D eigenvalue weighted by Crippen LogP contribution is -2.29. The Morgan fingerprint density at radius 2 is 2.16 bits per heavy atom. The molecule has 0 saturated carbocycles. The smallest absolute Gasteiger partial charge is 0.0634 e. The quantitative estimate of drug-likeness (QED) is 0.902. The Bertz CT molecular complexity index is 441. The molecule has 2 heteroatoms. The predicted molar refractivity (Wildman–Crippen MR) is 76.3 cm³/mol. The molecule has 2 nitrogen and oxygen atoms in total. The molecule has 2 aliphatic rings. The van der Waals surface area contributed by atoms with Crippen molar-refractivity contribution in [2.45, 2.75) is 57.7 Å². The summed E-state index contributed by atoms with van der Waals surface area (Å²) in [6, 6.07) is 6.76. The SMILES string of the molecule is CCC1OCCC1C(O)Cc1ccc2c(c1)CCC2. The van der Waals surface area contributed by atoms with Crippen LogP contribution in [0.25, 0.3) is 0 Å². The van der Waals surface area contributed by atoms with Crippen LogP contribution >= 0.6 is 0 Å². The fourth-order valence-corrected chi connectivity index (χ4v) is 3.67. The molecule has 1 heterocycles.